The Morgan fingerprint density at radius 1 is 1.18 bits per heavy atom. The van der Waals surface area contributed by atoms with E-state index >= 15 is 0 Å². The molecule has 0 unspecified atom stereocenters. The van der Waals surface area contributed by atoms with Gasteiger partial charge in [0.25, 0.3) is 0 Å². The molecule has 0 spiro atoms. The number of amides is 1. The van der Waals surface area contributed by atoms with Crippen LogP contribution in [0.25, 0.3) is 0 Å². The van der Waals surface area contributed by atoms with Gasteiger partial charge in [-0.15, -0.1) is 0 Å². The van der Waals surface area contributed by atoms with Crippen LogP contribution >= 0.6 is 12.2 Å². The highest BCUT2D eigenvalue weighted by atomic mass is 32.1. The zero-order chi connectivity index (χ0) is 19.8. The molecule has 1 saturated heterocycles. The van der Waals surface area contributed by atoms with Crippen molar-refractivity contribution in [2.75, 3.05) is 20.3 Å². The molecule has 0 bridgehead atoms. The predicted molar refractivity (Wildman–Crippen MR) is 106 cm³/mol. The second-order valence-corrected chi connectivity index (χ2v) is 6.56. The van der Waals surface area contributed by atoms with E-state index in [0.717, 1.165) is 25.2 Å². The van der Waals surface area contributed by atoms with Crippen molar-refractivity contribution in [3.63, 3.8) is 0 Å². The third kappa shape index (κ3) is 5.86. The monoisotopic (exact) mass is 405 g/mol. The lowest BCUT2D eigenvalue weighted by molar-refractivity contribution is 0.0911. The summed E-state index contributed by atoms with van der Waals surface area (Å²) in [6, 6.07) is 10.5. The van der Waals surface area contributed by atoms with Gasteiger partial charge in [-0.1, -0.05) is 0 Å². The molecule has 3 N–H and O–H groups in total. The Hall–Kier alpha value is -2.78. The number of carbonyl (C=O) groups is 1. The number of benzene rings is 1. The first kappa shape index (κ1) is 20.0. The number of hydrogen-bond acceptors (Lipinski definition) is 6. The standard InChI is InChI=1S/C19H23N3O5S/c1-24-13-4-6-14(7-5-13)26-12-16-8-9-17(27-16)18(23)21-22-19(28)20-11-15-3-2-10-25-15/h4-9,15H,2-3,10-12H2,1H3,(H,21,23)(H2,20,22,28)/t15-/m0/s1. The number of nitrogens with one attached hydrogen (secondary N) is 3. The molecule has 1 amide bonds. The summed E-state index contributed by atoms with van der Waals surface area (Å²) in [5, 5.41) is 3.32. The van der Waals surface area contributed by atoms with Gasteiger partial charge in [0.05, 0.1) is 13.2 Å². The smallest absolute Gasteiger partial charge is 0.305 e. The molecule has 0 saturated carbocycles. The molecule has 3 rings (SSSR count). The molecule has 150 valence electrons. The van der Waals surface area contributed by atoms with Gasteiger partial charge in [-0.05, 0) is 61.5 Å². The van der Waals surface area contributed by atoms with Crippen LogP contribution in [0.5, 0.6) is 11.5 Å². The Bertz CT molecular complexity index is 787. The van der Waals surface area contributed by atoms with Gasteiger partial charge in [-0.3, -0.25) is 15.6 Å². The molecule has 0 aliphatic carbocycles. The van der Waals surface area contributed by atoms with Crippen LogP contribution in [0.1, 0.15) is 29.2 Å². The van der Waals surface area contributed by atoms with Gasteiger partial charge in [-0.2, -0.15) is 0 Å². The molecule has 1 aromatic heterocycles. The maximum atomic E-state index is 12.1. The molecule has 28 heavy (non-hydrogen) atoms. The third-order valence-corrected chi connectivity index (χ3v) is 4.38. The summed E-state index contributed by atoms with van der Waals surface area (Å²) in [4.78, 5) is 12.1. The number of hydrazine groups is 1. The normalized spacial score (nSPS) is 15.7. The summed E-state index contributed by atoms with van der Waals surface area (Å²) >= 11 is 5.12. The molecule has 2 heterocycles. The second kappa shape index (κ2) is 9.95. The zero-order valence-corrected chi connectivity index (χ0v) is 16.3. The molecule has 0 radical (unpaired) electrons. The first-order valence-corrected chi connectivity index (χ1v) is 9.36. The van der Waals surface area contributed by atoms with Gasteiger partial charge in [0.1, 0.15) is 23.9 Å². The molecule has 1 aromatic carbocycles. The van der Waals surface area contributed by atoms with Crippen molar-refractivity contribution >= 4 is 23.2 Å². The Kier molecular flexibility index (Phi) is 7.10. The van der Waals surface area contributed by atoms with E-state index in [9.17, 15) is 4.79 Å². The van der Waals surface area contributed by atoms with Crippen molar-refractivity contribution < 1.29 is 23.4 Å². The maximum Gasteiger partial charge on any atom is 0.305 e. The number of methoxy groups -OCH3 is 1. The van der Waals surface area contributed by atoms with E-state index in [1.54, 1.807) is 43.5 Å². The largest absolute Gasteiger partial charge is 0.497 e. The van der Waals surface area contributed by atoms with E-state index in [1.807, 2.05) is 0 Å². The molecule has 2 aromatic rings. The first-order valence-electron chi connectivity index (χ1n) is 8.95. The molecule has 1 aliphatic rings. The Morgan fingerprint density at radius 2 is 1.96 bits per heavy atom. The fourth-order valence-corrected chi connectivity index (χ4v) is 2.77. The van der Waals surface area contributed by atoms with Crippen LogP contribution in [0.4, 0.5) is 0 Å². The summed E-state index contributed by atoms with van der Waals surface area (Å²) in [5.41, 5.74) is 5.14. The third-order valence-electron chi connectivity index (χ3n) is 4.13. The quantitative estimate of drug-likeness (QED) is 0.477. The van der Waals surface area contributed by atoms with E-state index in [-0.39, 0.29) is 18.5 Å². The average Bonchev–Trinajstić information content (AvgIpc) is 3.41. The van der Waals surface area contributed by atoms with E-state index < -0.39 is 5.91 Å². The van der Waals surface area contributed by atoms with Crippen LogP contribution in [0, 0.1) is 0 Å². The van der Waals surface area contributed by atoms with Crippen molar-refractivity contribution in [1.29, 1.82) is 0 Å². The SMILES string of the molecule is COc1ccc(OCc2ccc(C(=O)NNC(=S)NC[C@@H]3CCCO3)o2)cc1. The lowest BCUT2D eigenvalue weighted by Gasteiger charge is -2.14. The van der Waals surface area contributed by atoms with Crippen LogP contribution < -0.4 is 25.6 Å². The minimum Gasteiger partial charge on any atom is -0.497 e. The van der Waals surface area contributed by atoms with Crippen LogP contribution in [0.3, 0.4) is 0 Å². The summed E-state index contributed by atoms with van der Waals surface area (Å²) in [7, 11) is 1.60. The lowest BCUT2D eigenvalue weighted by atomic mass is 10.2. The fraction of sp³-hybridized carbons (Fsp3) is 0.368. The van der Waals surface area contributed by atoms with E-state index in [4.69, 9.17) is 30.8 Å². The molecule has 1 aliphatic heterocycles. The minimum atomic E-state index is -0.433. The van der Waals surface area contributed by atoms with Crippen molar-refractivity contribution in [3.05, 3.63) is 47.9 Å². The van der Waals surface area contributed by atoms with Gasteiger partial charge < -0.3 is 23.9 Å². The summed E-state index contributed by atoms with van der Waals surface area (Å²) in [6.07, 6.45) is 2.23. The van der Waals surface area contributed by atoms with Crippen molar-refractivity contribution in [1.82, 2.24) is 16.2 Å². The molecule has 8 nitrogen and oxygen atoms in total. The summed E-state index contributed by atoms with van der Waals surface area (Å²) < 4.78 is 21.7. The highest BCUT2D eigenvalue weighted by Crippen LogP contribution is 2.19. The van der Waals surface area contributed by atoms with Gasteiger partial charge in [-0.25, -0.2) is 0 Å². The summed E-state index contributed by atoms with van der Waals surface area (Å²) in [6.45, 7) is 1.59. The fourth-order valence-electron chi connectivity index (χ4n) is 2.64. The Morgan fingerprint density at radius 3 is 2.68 bits per heavy atom. The molecule has 1 fully saturated rings. The van der Waals surface area contributed by atoms with Gasteiger partial charge in [0.2, 0.25) is 0 Å². The number of thiocarbonyl (C=S) groups is 1. The first-order chi connectivity index (χ1) is 13.6. The Balaban J connectivity index is 1.39. The van der Waals surface area contributed by atoms with Crippen LogP contribution in [-0.2, 0) is 11.3 Å². The predicted octanol–water partition coefficient (Wildman–Crippen LogP) is 2.16. The van der Waals surface area contributed by atoms with Crippen LogP contribution in [0.15, 0.2) is 40.8 Å². The number of hydrogen-bond donors (Lipinski definition) is 3. The van der Waals surface area contributed by atoms with Gasteiger partial charge in [0, 0.05) is 13.2 Å². The van der Waals surface area contributed by atoms with E-state index in [1.165, 1.54) is 0 Å². The molecule has 9 heteroatoms. The lowest BCUT2D eigenvalue weighted by Crippen LogP contribution is -2.48. The highest BCUT2D eigenvalue weighted by molar-refractivity contribution is 7.80. The molecular weight excluding hydrogens is 382 g/mol. The Labute approximate surface area is 168 Å². The number of carbonyl (C=O) groups excluding carboxylic acids is 1. The number of rotatable bonds is 7. The van der Waals surface area contributed by atoms with Crippen LogP contribution in [-0.4, -0.2) is 37.4 Å². The van der Waals surface area contributed by atoms with Gasteiger partial charge in [0.15, 0.2) is 10.9 Å². The minimum absolute atomic E-state index is 0.155. The van der Waals surface area contributed by atoms with E-state index in [2.05, 4.69) is 16.2 Å². The van der Waals surface area contributed by atoms with Crippen molar-refractivity contribution in [2.24, 2.45) is 0 Å². The van der Waals surface area contributed by atoms with Crippen LogP contribution in [0.2, 0.25) is 0 Å². The zero-order valence-electron chi connectivity index (χ0n) is 15.5. The second-order valence-electron chi connectivity index (χ2n) is 6.15. The topological polar surface area (TPSA) is 94.0 Å². The molecule has 1 atom stereocenters. The van der Waals surface area contributed by atoms with Crippen molar-refractivity contribution in [2.45, 2.75) is 25.6 Å². The number of ether oxygens (including phenoxy) is 3. The molecular formula is C19H23N3O5S. The van der Waals surface area contributed by atoms with Gasteiger partial charge >= 0.3 is 5.91 Å². The van der Waals surface area contributed by atoms with E-state index in [0.29, 0.717) is 23.2 Å². The number of furan rings is 1. The van der Waals surface area contributed by atoms with Crippen molar-refractivity contribution in [3.8, 4) is 11.5 Å². The average molecular weight is 405 g/mol. The maximum absolute atomic E-state index is 12.1. The summed E-state index contributed by atoms with van der Waals surface area (Å²) in [5.74, 6) is 1.67. The highest BCUT2D eigenvalue weighted by Gasteiger charge is 2.16.